The first-order valence-electron chi connectivity index (χ1n) is 9.70. The zero-order valence-electron chi connectivity index (χ0n) is 17.2. The highest BCUT2D eigenvalue weighted by Gasteiger charge is 2.30. The molecule has 0 radical (unpaired) electrons. The van der Waals surface area contributed by atoms with E-state index in [0.717, 1.165) is 15.7 Å². The SMILES string of the molecule is Cc1cc(Br)ccc1NC(=O)CN(C)CC(=O)N1c2ccccc2NC(=O)CC1C. The molecule has 158 valence electrons. The van der Waals surface area contributed by atoms with Gasteiger partial charge in [0.25, 0.3) is 0 Å². The molecule has 0 saturated carbocycles. The quantitative estimate of drug-likeness (QED) is 0.698. The van der Waals surface area contributed by atoms with Crippen molar-refractivity contribution in [3.05, 3.63) is 52.5 Å². The highest BCUT2D eigenvalue weighted by molar-refractivity contribution is 9.10. The molecule has 0 aliphatic carbocycles. The smallest absolute Gasteiger partial charge is 0.241 e. The zero-order valence-corrected chi connectivity index (χ0v) is 18.8. The Bertz CT molecular complexity index is 979. The van der Waals surface area contributed by atoms with Crippen LogP contribution in [0.25, 0.3) is 0 Å². The number of carbonyl (C=O) groups is 3. The Balaban J connectivity index is 1.66. The maximum absolute atomic E-state index is 13.1. The molecule has 0 spiro atoms. The van der Waals surface area contributed by atoms with E-state index in [1.54, 1.807) is 22.9 Å². The molecule has 1 aliphatic heterocycles. The van der Waals surface area contributed by atoms with Gasteiger partial charge in [0.05, 0.1) is 24.5 Å². The first kappa shape index (κ1) is 22.0. The number of anilines is 3. The van der Waals surface area contributed by atoms with Crippen molar-refractivity contribution in [2.24, 2.45) is 0 Å². The van der Waals surface area contributed by atoms with E-state index in [1.807, 2.05) is 50.2 Å². The van der Waals surface area contributed by atoms with Crippen molar-refractivity contribution in [2.45, 2.75) is 26.3 Å². The van der Waals surface area contributed by atoms with Crippen molar-refractivity contribution in [3.8, 4) is 0 Å². The molecule has 3 amide bonds. The van der Waals surface area contributed by atoms with Crippen molar-refractivity contribution in [2.75, 3.05) is 35.7 Å². The molecule has 8 heteroatoms. The summed E-state index contributed by atoms with van der Waals surface area (Å²) < 4.78 is 0.945. The molecule has 0 aromatic heterocycles. The summed E-state index contributed by atoms with van der Waals surface area (Å²) in [4.78, 5) is 40.9. The molecule has 1 heterocycles. The monoisotopic (exact) mass is 472 g/mol. The number of hydrogen-bond acceptors (Lipinski definition) is 4. The number of benzene rings is 2. The minimum Gasteiger partial charge on any atom is -0.325 e. The first-order valence-corrected chi connectivity index (χ1v) is 10.5. The van der Waals surface area contributed by atoms with Crippen LogP contribution in [0, 0.1) is 6.92 Å². The van der Waals surface area contributed by atoms with Gasteiger partial charge in [0.1, 0.15) is 0 Å². The number of hydrogen-bond donors (Lipinski definition) is 2. The van der Waals surface area contributed by atoms with Crippen molar-refractivity contribution in [1.82, 2.24) is 4.90 Å². The summed E-state index contributed by atoms with van der Waals surface area (Å²) in [6.45, 7) is 3.89. The molecule has 30 heavy (non-hydrogen) atoms. The number of amides is 3. The minimum absolute atomic E-state index is 0.0552. The maximum atomic E-state index is 13.1. The van der Waals surface area contributed by atoms with E-state index in [1.165, 1.54) is 0 Å². The molecule has 2 aromatic carbocycles. The lowest BCUT2D eigenvalue weighted by Crippen LogP contribution is -2.45. The highest BCUT2D eigenvalue weighted by atomic mass is 79.9. The lowest BCUT2D eigenvalue weighted by atomic mass is 10.1. The Kier molecular flexibility index (Phi) is 6.89. The predicted octanol–water partition coefficient (Wildman–Crippen LogP) is 3.39. The molecule has 0 bridgehead atoms. The predicted molar refractivity (Wildman–Crippen MR) is 122 cm³/mol. The third-order valence-electron chi connectivity index (χ3n) is 4.91. The molecule has 1 atom stereocenters. The Hall–Kier alpha value is -2.71. The molecular weight excluding hydrogens is 448 g/mol. The topological polar surface area (TPSA) is 81.8 Å². The Morgan fingerprint density at radius 1 is 1.23 bits per heavy atom. The van der Waals surface area contributed by atoms with Crippen LogP contribution in [0.2, 0.25) is 0 Å². The summed E-state index contributed by atoms with van der Waals surface area (Å²) in [6.07, 6.45) is 0.216. The summed E-state index contributed by atoms with van der Waals surface area (Å²) >= 11 is 3.40. The third kappa shape index (κ3) is 5.25. The van der Waals surface area contributed by atoms with Crippen LogP contribution < -0.4 is 15.5 Å². The molecule has 0 fully saturated rings. The van der Waals surface area contributed by atoms with Crippen LogP contribution in [0.1, 0.15) is 18.9 Å². The van der Waals surface area contributed by atoms with Gasteiger partial charge in [0.15, 0.2) is 0 Å². The highest BCUT2D eigenvalue weighted by Crippen LogP contribution is 2.31. The van der Waals surface area contributed by atoms with Gasteiger partial charge in [-0.05, 0) is 56.8 Å². The van der Waals surface area contributed by atoms with Crippen molar-refractivity contribution in [1.29, 1.82) is 0 Å². The molecule has 0 saturated heterocycles. The van der Waals surface area contributed by atoms with Gasteiger partial charge in [-0.15, -0.1) is 0 Å². The molecule has 7 nitrogen and oxygen atoms in total. The summed E-state index contributed by atoms with van der Waals surface area (Å²) in [5.41, 5.74) is 2.97. The molecule has 1 unspecified atom stereocenters. The normalized spacial score (nSPS) is 16.0. The summed E-state index contributed by atoms with van der Waals surface area (Å²) in [6, 6.07) is 12.6. The average molecular weight is 473 g/mol. The molecule has 3 rings (SSSR count). The number of nitrogens with zero attached hydrogens (tertiary/aromatic N) is 2. The number of likely N-dealkylation sites (N-methyl/N-ethyl adjacent to an activating group) is 1. The number of halogens is 1. The summed E-state index contributed by atoms with van der Waals surface area (Å²) in [5, 5.41) is 5.73. The number of nitrogens with one attached hydrogen (secondary N) is 2. The molecule has 2 aromatic rings. The number of para-hydroxylation sites is 2. The maximum Gasteiger partial charge on any atom is 0.241 e. The number of rotatable bonds is 5. The van der Waals surface area contributed by atoms with Crippen molar-refractivity contribution >= 4 is 50.7 Å². The molecular formula is C22H25BrN4O3. The fourth-order valence-electron chi connectivity index (χ4n) is 3.53. The number of carbonyl (C=O) groups excluding carboxylic acids is 3. The van der Waals surface area contributed by atoms with Crippen LogP contribution in [-0.2, 0) is 14.4 Å². The van der Waals surface area contributed by atoms with Crippen LogP contribution in [0.4, 0.5) is 17.1 Å². The van der Waals surface area contributed by atoms with Crippen molar-refractivity contribution < 1.29 is 14.4 Å². The second-order valence-electron chi connectivity index (χ2n) is 7.56. The third-order valence-corrected chi connectivity index (χ3v) is 5.40. The van der Waals surface area contributed by atoms with E-state index >= 15 is 0 Å². The standard InChI is InChI=1S/C22H25BrN4O3/c1-14-10-16(23)8-9-17(14)24-21(29)12-26(3)13-22(30)27-15(2)11-20(28)25-18-6-4-5-7-19(18)27/h4-10,15H,11-13H2,1-3H3,(H,24,29)(H,25,28). The summed E-state index contributed by atoms with van der Waals surface area (Å²) in [7, 11) is 1.73. The van der Waals surface area contributed by atoms with Crippen LogP contribution in [0.15, 0.2) is 46.9 Å². The van der Waals surface area contributed by atoms with Gasteiger partial charge in [-0.1, -0.05) is 28.1 Å². The zero-order chi connectivity index (χ0) is 21.8. The fraction of sp³-hybridized carbons (Fsp3) is 0.318. The fourth-order valence-corrected chi connectivity index (χ4v) is 4.01. The first-order chi connectivity index (χ1) is 14.2. The van der Waals surface area contributed by atoms with Crippen LogP contribution in [-0.4, -0.2) is 48.8 Å². The summed E-state index contributed by atoms with van der Waals surface area (Å²) in [5.74, 6) is -0.485. The van der Waals surface area contributed by atoms with Gasteiger partial charge in [0, 0.05) is 22.6 Å². The van der Waals surface area contributed by atoms with Crippen molar-refractivity contribution in [3.63, 3.8) is 0 Å². The van der Waals surface area contributed by atoms with Gasteiger partial charge in [-0.3, -0.25) is 19.3 Å². The van der Waals surface area contributed by atoms with Crippen LogP contribution >= 0.6 is 15.9 Å². The van der Waals surface area contributed by atoms with E-state index in [0.29, 0.717) is 11.4 Å². The van der Waals surface area contributed by atoms with E-state index in [9.17, 15) is 14.4 Å². The van der Waals surface area contributed by atoms with Gasteiger partial charge in [-0.2, -0.15) is 0 Å². The largest absolute Gasteiger partial charge is 0.325 e. The Morgan fingerprint density at radius 3 is 2.70 bits per heavy atom. The average Bonchev–Trinajstić information content (AvgIpc) is 2.77. The van der Waals surface area contributed by atoms with E-state index in [2.05, 4.69) is 26.6 Å². The lowest BCUT2D eigenvalue weighted by Gasteiger charge is -2.29. The second-order valence-corrected chi connectivity index (χ2v) is 8.48. The van der Waals surface area contributed by atoms with E-state index < -0.39 is 0 Å². The number of fused-ring (bicyclic) bond motifs is 1. The Labute approximate surface area is 184 Å². The van der Waals surface area contributed by atoms with Gasteiger partial charge >= 0.3 is 0 Å². The van der Waals surface area contributed by atoms with Crippen LogP contribution in [0.5, 0.6) is 0 Å². The molecule has 1 aliphatic rings. The van der Waals surface area contributed by atoms with Gasteiger partial charge < -0.3 is 15.5 Å². The minimum atomic E-state index is -0.284. The van der Waals surface area contributed by atoms with E-state index in [4.69, 9.17) is 0 Å². The van der Waals surface area contributed by atoms with Gasteiger partial charge in [-0.25, -0.2) is 0 Å². The molecule has 2 N–H and O–H groups in total. The van der Waals surface area contributed by atoms with Gasteiger partial charge in [0.2, 0.25) is 17.7 Å². The Morgan fingerprint density at radius 2 is 1.97 bits per heavy atom. The number of aryl methyl sites for hydroxylation is 1. The lowest BCUT2D eigenvalue weighted by molar-refractivity contribution is -0.121. The second kappa shape index (κ2) is 9.40. The van der Waals surface area contributed by atoms with Crippen LogP contribution in [0.3, 0.4) is 0 Å². The van der Waals surface area contributed by atoms with E-state index in [-0.39, 0.29) is 43.3 Å².